The molecule has 2 aromatic carbocycles. The second-order valence-electron chi connectivity index (χ2n) is 6.69. The van der Waals surface area contributed by atoms with Gasteiger partial charge in [-0.1, -0.05) is 18.1 Å². The first-order valence-corrected chi connectivity index (χ1v) is 9.27. The van der Waals surface area contributed by atoms with E-state index in [0.29, 0.717) is 29.4 Å². The van der Waals surface area contributed by atoms with Crippen LogP contribution in [-0.2, 0) is 4.79 Å². The van der Waals surface area contributed by atoms with Crippen molar-refractivity contribution in [3.8, 4) is 29.1 Å². The van der Waals surface area contributed by atoms with E-state index in [2.05, 4.69) is 11.8 Å². The van der Waals surface area contributed by atoms with E-state index >= 15 is 0 Å². The maximum absolute atomic E-state index is 11.5. The minimum absolute atomic E-state index is 0.0381. The lowest BCUT2D eigenvalue weighted by Gasteiger charge is -2.26. The van der Waals surface area contributed by atoms with Crippen molar-refractivity contribution >= 4 is 11.8 Å². The summed E-state index contributed by atoms with van der Waals surface area (Å²) in [6.45, 7) is 3.81. The Labute approximate surface area is 169 Å². The molecule has 1 heterocycles. The van der Waals surface area contributed by atoms with E-state index in [1.54, 1.807) is 37.3 Å². The molecule has 2 atom stereocenters. The SMILES string of the molecule is CC#C[C@@H](CC(=O)O)c1ccc(OC[C@H]2COc3ccc(C(C)=O)cc3O2)cc1. The van der Waals surface area contributed by atoms with Gasteiger partial charge in [-0.3, -0.25) is 9.59 Å². The van der Waals surface area contributed by atoms with Crippen molar-refractivity contribution < 1.29 is 28.9 Å². The van der Waals surface area contributed by atoms with Crippen LogP contribution in [0.15, 0.2) is 42.5 Å². The molecule has 0 fully saturated rings. The summed E-state index contributed by atoms with van der Waals surface area (Å²) in [7, 11) is 0. The number of aliphatic carboxylic acids is 1. The fourth-order valence-corrected chi connectivity index (χ4v) is 3.00. The molecular weight excluding hydrogens is 372 g/mol. The van der Waals surface area contributed by atoms with Crippen molar-refractivity contribution in [3.05, 3.63) is 53.6 Å². The Morgan fingerprint density at radius 2 is 1.97 bits per heavy atom. The van der Waals surface area contributed by atoms with E-state index in [1.165, 1.54) is 6.92 Å². The molecule has 0 unspecified atom stereocenters. The number of fused-ring (bicyclic) bond motifs is 1. The molecule has 2 aromatic rings. The zero-order valence-corrected chi connectivity index (χ0v) is 16.3. The minimum Gasteiger partial charge on any atom is -0.490 e. The third-order valence-electron chi connectivity index (χ3n) is 4.48. The normalized spacial score (nSPS) is 15.6. The number of Topliss-reactive ketones (excluding diaryl/α,β-unsaturated/α-hetero) is 1. The van der Waals surface area contributed by atoms with E-state index in [0.717, 1.165) is 5.56 Å². The molecule has 0 saturated carbocycles. The summed E-state index contributed by atoms with van der Waals surface area (Å²) in [6.07, 6.45) is -0.356. The van der Waals surface area contributed by atoms with E-state index < -0.39 is 5.97 Å². The smallest absolute Gasteiger partial charge is 0.304 e. The standard InChI is InChI=1S/C23H22O6/c1-3-4-18(12-23(25)26)16-5-8-19(9-6-16)27-13-20-14-28-21-10-7-17(15(2)24)11-22(21)29-20/h5-11,18,20H,12-14H2,1-2H3,(H,25,26)/t18-,20-/m0/s1. The Kier molecular flexibility index (Phi) is 6.40. The van der Waals surface area contributed by atoms with Crippen molar-refractivity contribution in [2.45, 2.75) is 32.3 Å². The Morgan fingerprint density at radius 1 is 1.21 bits per heavy atom. The zero-order chi connectivity index (χ0) is 20.8. The molecule has 1 N–H and O–H groups in total. The Morgan fingerprint density at radius 3 is 2.62 bits per heavy atom. The van der Waals surface area contributed by atoms with Crippen LogP contribution in [0.2, 0.25) is 0 Å². The molecule has 3 rings (SSSR count). The summed E-state index contributed by atoms with van der Waals surface area (Å²) in [4.78, 5) is 22.5. The predicted octanol–water partition coefficient (Wildman–Crippen LogP) is 3.69. The molecule has 29 heavy (non-hydrogen) atoms. The first-order chi connectivity index (χ1) is 14.0. The van der Waals surface area contributed by atoms with Crippen LogP contribution in [-0.4, -0.2) is 36.2 Å². The van der Waals surface area contributed by atoms with Crippen molar-refractivity contribution in [1.29, 1.82) is 0 Å². The van der Waals surface area contributed by atoms with Gasteiger partial charge in [0.15, 0.2) is 23.4 Å². The van der Waals surface area contributed by atoms with Gasteiger partial charge in [0, 0.05) is 5.56 Å². The Bertz CT molecular complexity index is 952. The first kappa shape index (κ1) is 20.3. The number of ether oxygens (including phenoxy) is 3. The number of carboxylic acid groups (broad SMARTS) is 1. The van der Waals surface area contributed by atoms with Crippen molar-refractivity contribution in [2.75, 3.05) is 13.2 Å². The molecule has 1 aliphatic heterocycles. The van der Waals surface area contributed by atoms with Crippen molar-refractivity contribution in [3.63, 3.8) is 0 Å². The molecule has 1 aliphatic rings. The highest BCUT2D eigenvalue weighted by Gasteiger charge is 2.22. The summed E-state index contributed by atoms with van der Waals surface area (Å²) in [5, 5.41) is 9.04. The van der Waals surface area contributed by atoms with Crippen LogP contribution < -0.4 is 14.2 Å². The van der Waals surface area contributed by atoms with Crippen LogP contribution in [0.5, 0.6) is 17.2 Å². The largest absolute Gasteiger partial charge is 0.490 e. The molecule has 0 aromatic heterocycles. The molecule has 0 radical (unpaired) electrons. The van der Waals surface area contributed by atoms with Crippen LogP contribution in [0.4, 0.5) is 0 Å². The van der Waals surface area contributed by atoms with E-state index in [4.69, 9.17) is 19.3 Å². The quantitative estimate of drug-likeness (QED) is 0.570. The van der Waals surface area contributed by atoms with Crippen molar-refractivity contribution in [2.24, 2.45) is 0 Å². The number of benzene rings is 2. The number of carboxylic acids is 1. The molecule has 0 spiro atoms. The minimum atomic E-state index is -0.888. The first-order valence-electron chi connectivity index (χ1n) is 9.27. The number of hydrogen-bond donors (Lipinski definition) is 1. The molecular formula is C23H22O6. The maximum atomic E-state index is 11.5. The molecule has 6 nitrogen and oxygen atoms in total. The van der Waals surface area contributed by atoms with Crippen LogP contribution in [0.1, 0.15) is 42.1 Å². The lowest BCUT2D eigenvalue weighted by Crippen LogP contribution is -2.34. The molecule has 150 valence electrons. The molecule has 0 aliphatic carbocycles. The van der Waals surface area contributed by atoms with Gasteiger partial charge in [-0.15, -0.1) is 5.92 Å². The Hall–Kier alpha value is -3.46. The van der Waals surface area contributed by atoms with Gasteiger partial charge in [0.1, 0.15) is 19.0 Å². The second-order valence-corrected chi connectivity index (χ2v) is 6.69. The molecule has 0 amide bonds. The van der Waals surface area contributed by atoms with E-state index in [-0.39, 0.29) is 30.8 Å². The van der Waals surface area contributed by atoms with Gasteiger partial charge in [-0.2, -0.15) is 0 Å². The third-order valence-corrected chi connectivity index (χ3v) is 4.48. The highest BCUT2D eigenvalue weighted by atomic mass is 16.6. The molecule has 6 heteroatoms. The zero-order valence-electron chi connectivity index (χ0n) is 16.3. The topological polar surface area (TPSA) is 82.1 Å². The number of ketones is 1. The van der Waals surface area contributed by atoms with Gasteiger partial charge < -0.3 is 19.3 Å². The van der Waals surface area contributed by atoms with Crippen LogP contribution in [0.25, 0.3) is 0 Å². The fourth-order valence-electron chi connectivity index (χ4n) is 3.00. The van der Waals surface area contributed by atoms with Gasteiger partial charge >= 0.3 is 5.97 Å². The third kappa shape index (κ3) is 5.29. The van der Waals surface area contributed by atoms with E-state index in [1.807, 2.05) is 12.1 Å². The highest BCUT2D eigenvalue weighted by molar-refractivity contribution is 5.94. The molecule has 0 saturated heterocycles. The van der Waals surface area contributed by atoms with Gasteiger partial charge in [0.2, 0.25) is 0 Å². The average Bonchev–Trinajstić information content (AvgIpc) is 2.71. The van der Waals surface area contributed by atoms with Crippen LogP contribution in [0.3, 0.4) is 0 Å². The number of rotatable bonds is 7. The predicted molar refractivity (Wildman–Crippen MR) is 107 cm³/mol. The van der Waals surface area contributed by atoms with Crippen LogP contribution >= 0.6 is 0 Å². The highest BCUT2D eigenvalue weighted by Crippen LogP contribution is 2.33. The summed E-state index contributed by atoms with van der Waals surface area (Å²) in [5.41, 5.74) is 1.40. The van der Waals surface area contributed by atoms with Gasteiger partial charge in [-0.05, 0) is 49.7 Å². The summed E-state index contributed by atoms with van der Waals surface area (Å²) in [5.74, 6) is 6.20. The number of carbonyl (C=O) groups excluding carboxylic acids is 1. The van der Waals surface area contributed by atoms with Gasteiger partial charge in [0.05, 0.1) is 12.3 Å². The van der Waals surface area contributed by atoms with Crippen LogP contribution in [0, 0.1) is 11.8 Å². The van der Waals surface area contributed by atoms with Crippen molar-refractivity contribution in [1.82, 2.24) is 0 Å². The fraction of sp³-hybridized carbons (Fsp3) is 0.304. The number of carbonyl (C=O) groups is 2. The lowest BCUT2D eigenvalue weighted by molar-refractivity contribution is -0.137. The average molecular weight is 394 g/mol. The van der Waals surface area contributed by atoms with Gasteiger partial charge in [-0.25, -0.2) is 0 Å². The van der Waals surface area contributed by atoms with Gasteiger partial charge in [0.25, 0.3) is 0 Å². The summed E-state index contributed by atoms with van der Waals surface area (Å²) in [6, 6.07) is 12.3. The maximum Gasteiger partial charge on any atom is 0.304 e. The van der Waals surface area contributed by atoms with E-state index in [9.17, 15) is 9.59 Å². The Balaban J connectivity index is 1.60. The monoisotopic (exact) mass is 394 g/mol. The number of hydrogen-bond acceptors (Lipinski definition) is 5. The molecule has 0 bridgehead atoms. The summed E-state index contributed by atoms with van der Waals surface area (Å²) < 4.78 is 17.4. The second kappa shape index (κ2) is 9.16. The lowest BCUT2D eigenvalue weighted by atomic mass is 9.96. The summed E-state index contributed by atoms with van der Waals surface area (Å²) >= 11 is 0.